The van der Waals surface area contributed by atoms with Gasteiger partial charge in [0.2, 0.25) is 0 Å². The van der Waals surface area contributed by atoms with E-state index in [-0.39, 0.29) is 6.42 Å². The zero-order valence-corrected chi connectivity index (χ0v) is 8.44. The van der Waals surface area contributed by atoms with Gasteiger partial charge in [-0.3, -0.25) is 4.79 Å². The van der Waals surface area contributed by atoms with Gasteiger partial charge in [0.15, 0.2) is 6.10 Å². The number of esters is 1. The Kier molecular flexibility index (Phi) is 2.80. The van der Waals surface area contributed by atoms with Gasteiger partial charge in [0.1, 0.15) is 11.7 Å². The van der Waals surface area contributed by atoms with Crippen molar-refractivity contribution in [1.82, 2.24) is 0 Å². The summed E-state index contributed by atoms with van der Waals surface area (Å²) in [4.78, 5) is 21.4. The Morgan fingerprint density at radius 3 is 2.43 bits per heavy atom. The molecule has 0 aromatic carbocycles. The summed E-state index contributed by atoms with van der Waals surface area (Å²) in [6, 6.07) is 0. The number of carbonyl (C=O) groups excluding carboxylic acids is 1. The standard InChI is InChI=1S/C9H14O5/c1-5(10)13-7-4-6(8(11)12)14-9(7,2)3/h6-7H,4H2,1-3H3,(H,11,12). The third-order valence-electron chi connectivity index (χ3n) is 2.23. The fraction of sp³-hybridized carbons (Fsp3) is 0.778. The predicted octanol–water partition coefficient (Wildman–Crippen LogP) is 0.570. The number of hydrogen-bond donors (Lipinski definition) is 1. The molecule has 0 aliphatic carbocycles. The van der Waals surface area contributed by atoms with Crippen LogP contribution >= 0.6 is 0 Å². The molecular weight excluding hydrogens is 188 g/mol. The Labute approximate surface area is 82.0 Å². The summed E-state index contributed by atoms with van der Waals surface area (Å²) in [5.74, 6) is -1.44. The van der Waals surface area contributed by atoms with Crippen molar-refractivity contribution in [1.29, 1.82) is 0 Å². The lowest BCUT2D eigenvalue weighted by atomic mass is 10.0. The van der Waals surface area contributed by atoms with E-state index in [2.05, 4.69) is 0 Å². The normalized spacial score (nSPS) is 29.9. The lowest BCUT2D eigenvalue weighted by Gasteiger charge is -2.24. The first-order valence-corrected chi connectivity index (χ1v) is 4.41. The van der Waals surface area contributed by atoms with Crippen molar-refractivity contribution < 1.29 is 24.2 Å². The molecule has 5 nitrogen and oxygen atoms in total. The van der Waals surface area contributed by atoms with Gasteiger partial charge in [-0.25, -0.2) is 4.79 Å². The van der Waals surface area contributed by atoms with Crippen molar-refractivity contribution in [3.05, 3.63) is 0 Å². The van der Waals surface area contributed by atoms with E-state index in [1.165, 1.54) is 6.92 Å². The van der Waals surface area contributed by atoms with E-state index in [4.69, 9.17) is 14.6 Å². The molecule has 1 aliphatic heterocycles. The Hall–Kier alpha value is -1.10. The van der Waals surface area contributed by atoms with Crippen LogP contribution < -0.4 is 0 Å². The lowest BCUT2D eigenvalue weighted by Crippen LogP contribution is -2.35. The SMILES string of the molecule is CC(=O)OC1CC(C(=O)O)OC1(C)C. The van der Waals surface area contributed by atoms with E-state index in [1.54, 1.807) is 13.8 Å². The Morgan fingerprint density at radius 1 is 1.50 bits per heavy atom. The molecule has 1 aliphatic rings. The minimum atomic E-state index is -1.02. The number of ether oxygens (including phenoxy) is 2. The van der Waals surface area contributed by atoms with Crippen molar-refractivity contribution in [2.45, 2.75) is 45.0 Å². The molecule has 0 aromatic heterocycles. The van der Waals surface area contributed by atoms with Crippen molar-refractivity contribution in [2.24, 2.45) is 0 Å². The highest BCUT2D eigenvalue weighted by atomic mass is 16.6. The van der Waals surface area contributed by atoms with Crippen LogP contribution in [0, 0.1) is 0 Å². The molecule has 80 valence electrons. The summed E-state index contributed by atoms with van der Waals surface area (Å²) >= 11 is 0. The van der Waals surface area contributed by atoms with Gasteiger partial charge < -0.3 is 14.6 Å². The summed E-state index contributed by atoms with van der Waals surface area (Å²) in [5, 5.41) is 8.73. The number of carboxylic acid groups (broad SMARTS) is 1. The zero-order chi connectivity index (χ0) is 10.9. The second-order valence-electron chi connectivity index (χ2n) is 3.88. The average Bonchev–Trinajstić information content (AvgIpc) is 2.26. The van der Waals surface area contributed by atoms with Crippen LogP contribution in [0.2, 0.25) is 0 Å². The highest BCUT2D eigenvalue weighted by Crippen LogP contribution is 2.32. The van der Waals surface area contributed by atoms with E-state index in [9.17, 15) is 9.59 Å². The maximum absolute atomic E-state index is 10.7. The molecular formula is C9H14O5. The van der Waals surface area contributed by atoms with Gasteiger partial charge >= 0.3 is 11.9 Å². The quantitative estimate of drug-likeness (QED) is 0.663. The van der Waals surface area contributed by atoms with Crippen LogP contribution in [-0.4, -0.2) is 34.9 Å². The first-order chi connectivity index (χ1) is 6.33. The summed E-state index contributed by atoms with van der Waals surface area (Å²) in [5.41, 5.74) is -0.727. The molecule has 14 heavy (non-hydrogen) atoms. The number of aliphatic carboxylic acids is 1. The van der Waals surface area contributed by atoms with Crippen LogP contribution in [0.15, 0.2) is 0 Å². The van der Waals surface area contributed by atoms with Crippen molar-refractivity contribution >= 4 is 11.9 Å². The molecule has 0 amide bonds. The highest BCUT2D eigenvalue weighted by molar-refractivity contribution is 5.73. The topological polar surface area (TPSA) is 72.8 Å². The maximum atomic E-state index is 10.7. The molecule has 2 atom stereocenters. The zero-order valence-electron chi connectivity index (χ0n) is 8.44. The van der Waals surface area contributed by atoms with Gasteiger partial charge in [0.05, 0.1) is 0 Å². The summed E-state index contributed by atoms with van der Waals surface area (Å²) in [7, 11) is 0. The molecule has 1 N–H and O–H groups in total. The van der Waals surface area contributed by atoms with E-state index in [0.29, 0.717) is 0 Å². The number of hydrogen-bond acceptors (Lipinski definition) is 4. The van der Waals surface area contributed by atoms with Crippen LogP contribution in [-0.2, 0) is 19.1 Å². The Bertz CT molecular complexity index is 258. The first kappa shape index (κ1) is 11.0. The van der Waals surface area contributed by atoms with Crippen LogP contribution in [0.4, 0.5) is 0 Å². The van der Waals surface area contributed by atoms with Gasteiger partial charge in [0.25, 0.3) is 0 Å². The Morgan fingerprint density at radius 2 is 2.07 bits per heavy atom. The molecule has 1 saturated heterocycles. The molecule has 1 fully saturated rings. The smallest absolute Gasteiger partial charge is 0.332 e. The van der Waals surface area contributed by atoms with Gasteiger partial charge in [0, 0.05) is 13.3 Å². The second kappa shape index (κ2) is 3.57. The second-order valence-corrected chi connectivity index (χ2v) is 3.88. The van der Waals surface area contributed by atoms with Gasteiger partial charge in [-0.15, -0.1) is 0 Å². The molecule has 0 saturated carbocycles. The van der Waals surface area contributed by atoms with Gasteiger partial charge in [-0.2, -0.15) is 0 Å². The van der Waals surface area contributed by atoms with E-state index in [1.807, 2.05) is 0 Å². The Balaban J connectivity index is 2.68. The molecule has 0 bridgehead atoms. The monoisotopic (exact) mass is 202 g/mol. The predicted molar refractivity (Wildman–Crippen MR) is 46.8 cm³/mol. The molecule has 0 aromatic rings. The van der Waals surface area contributed by atoms with Crippen LogP contribution in [0.25, 0.3) is 0 Å². The molecule has 0 radical (unpaired) electrons. The maximum Gasteiger partial charge on any atom is 0.332 e. The molecule has 0 spiro atoms. The lowest BCUT2D eigenvalue weighted by molar-refractivity contribution is -0.159. The summed E-state index contributed by atoms with van der Waals surface area (Å²) in [6.45, 7) is 4.72. The minimum absolute atomic E-state index is 0.210. The number of carboxylic acids is 1. The molecule has 1 heterocycles. The largest absolute Gasteiger partial charge is 0.479 e. The molecule has 1 rings (SSSR count). The minimum Gasteiger partial charge on any atom is -0.479 e. The van der Waals surface area contributed by atoms with Gasteiger partial charge in [-0.05, 0) is 13.8 Å². The fourth-order valence-corrected chi connectivity index (χ4v) is 1.51. The number of rotatable bonds is 2. The number of carbonyl (C=O) groups is 2. The van der Waals surface area contributed by atoms with Crippen LogP contribution in [0.1, 0.15) is 27.2 Å². The molecule has 2 unspecified atom stereocenters. The van der Waals surface area contributed by atoms with Crippen LogP contribution in [0.5, 0.6) is 0 Å². The fourth-order valence-electron chi connectivity index (χ4n) is 1.51. The van der Waals surface area contributed by atoms with E-state index >= 15 is 0 Å². The van der Waals surface area contributed by atoms with E-state index in [0.717, 1.165) is 0 Å². The van der Waals surface area contributed by atoms with Gasteiger partial charge in [-0.1, -0.05) is 0 Å². The average molecular weight is 202 g/mol. The third-order valence-corrected chi connectivity index (χ3v) is 2.23. The van der Waals surface area contributed by atoms with Crippen molar-refractivity contribution in [3.63, 3.8) is 0 Å². The van der Waals surface area contributed by atoms with Crippen molar-refractivity contribution in [2.75, 3.05) is 0 Å². The summed E-state index contributed by atoms with van der Waals surface area (Å²) < 4.78 is 10.2. The van der Waals surface area contributed by atoms with Crippen LogP contribution in [0.3, 0.4) is 0 Å². The first-order valence-electron chi connectivity index (χ1n) is 4.41. The third kappa shape index (κ3) is 2.23. The van der Waals surface area contributed by atoms with E-state index < -0.39 is 29.7 Å². The summed E-state index contributed by atoms with van der Waals surface area (Å²) in [6.07, 6.45) is -1.16. The van der Waals surface area contributed by atoms with Crippen molar-refractivity contribution in [3.8, 4) is 0 Å². The molecule has 5 heteroatoms. The highest BCUT2D eigenvalue weighted by Gasteiger charge is 2.46.